The van der Waals surface area contributed by atoms with Gasteiger partial charge >= 0.3 is 0 Å². The van der Waals surface area contributed by atoms with Crippen molar-refractivity contribution in [3.8, 4) is 0 Å². The first-order valence-corrected chi connectivity index (χ1v) is 7.70. The van der Waals surface area contributed by atoms with Gasteiger partial charge in [0.05, 0.1) is 17.5 Å². The van der Waals surface area contributed by atoms with Crippen LogP contribution in [0.2, 0.25) is 0 Å². The van der Waals surface area contributed by atoms with Crippen molar-refractivity contribution in [1.29, 1.82) is 0 Å². The van der Waals surface area contributed by atoms with Crippen LogP contribution in [0, 0.1) is 0 Å². The predicted molar refractivity (Wildman–Crippen MR) is 72.6 cm³/mol. The molecule has 1 unspecified atom stereocenters. The van der Waals surface area contributed by atoms with Gasteiger partial charge in [0.1, 0.15) is 0 Å². The van der Waals surface area contributed by atoms with Crippen molar-refractivity contribution in [1.82, 2.24) is 15.0 Å². The van der Waals surface area contributed by atoms with E-state index in [1.165, 1.54) is 0 Å². The van der Waals surface area contributed by atoms with Gasteiger partial charge in [-0.05, 0) is 32.0 Å². The van der Waals surface area contributed by atoms with E-state index in [0.717, 1.165) is 18.7 Å². The lowest BCUT2D eigenvalue weighted by molar-refractivity contribution is 0.556. The van der Waals surface area contributed by atoms with E-state index in [-0.39, 0.29) is 6.54 Å². The second kappa shape index (κ2) is 7.45. The highest BCUT2D eigenvalue weighted by Crippen LogP contribution is 2.00. The Labute approximate surface area is 109 Å². The van der Waals surface area contributed by atoms with Crippen molar-refractivity contribution in [3.63, 3.8) is 0 Å². The largest absolute Gasteiger partial charge is 0.315 e. The van der Waals surface area contributed by atoms with E-state index in [0.29, 0.717) is 6.54 Å². The van der Waals surface area contributed by atoms with Crippen molar-refractivity contribution in [2.75, 3.05) is 13.1 Å². The van der Waals surface area contributed by atoms with Crippen LogP contribution in [-0.4, -0.2) is 31.7 Å². The summed E-state index contributed by atoms with van der Waals surface area (Å²) in [5.41, 5.74) is 0.717. The third-order valence-corrected chi connectivity index (χ3v) is 4.34. The Hall–Kier alpha value is -0.980. The number of aromatic nitrogens is 1. The van der Waals surface area contributed by atoms with Gasteiger partial charge in [0, 0.05) is 12.7 Å². The summed E-state index contributed by atoms with van der Waals surface area (Å²) in [6, 6.07) is 5.43. The molecule has 1 atom stereocenters. The first-order chi connectivity index (χ1) is 8.56. The average Bonchev–Trinajstić information content (AvgIpc) is 2.38. The SMILES string of the molecule is CCCNCC(C)S(=O)(=O)NCc1ccccn1. The molecule has 0 aliphatic heterocycles. The Bertz CT molecular complexity index is 434. The van der Waals surface area contributed by atoms with Crippen molar-refractivity contribution < 1.29 is 8.42 Å². The number of hydrogen-bond donors (Lipinski definition) is 2. The molecule has 1 rings (SSSR count). The average molecular weight is 271 g/mol. The highest BCUT2D eigenvalue weighted by atomic mass is 32.2. The lowest BCUT2D eigenvalue weighted by Gasteiger charge is -2.14. The van der Waals surface area contributed by atoms with Gasteiger partial charge in [-0.15, -0.1) is 0 Å². The number of nitrogens with one attached hydrogen (secondary N) is 2. The van der Waals surface area contributed by atoms with Crippen LogP contribution in [0.3, 0.4) is 0 Å². The zero-order chi connectivity index (χ0) is 13.4. The van der Waals surface area contributed by atoms with Crippen LogP contribution in [0.1, 0.15) is 26.0 Å². The molecule has 6 heteroatoms. The van der Waals surface area contributed by atoms with Crippen LogP contribution < -0.4 is 10.0 Å². The topological polar surface area (TPSA) is 71.1 Å². The van der Waals surface area contributed by atoms with Gasteiger partial charge in [0.25, 0.3) is 0 Å². The highest BCUT2D eigenvalue weighted by molar-refractivity contribution is 7.90. The smallest absolute Gasteiger partial charge is 0.215 e. The minimum Gasteiger partial charge on any atom is -0.315 e. The quantitative estimate of drug-likeness (QED) is 0.689. The third-order valence-electron chi connectivity index (χ3n) is 2.57. The Morgan fingerprint density at radius 3 is 2.78 bits per heavy atom. The van der Waals surface area contributed by atoms with Crippen molar-refractivity contribution in [2.24, 2.45) is 0 Å². The Balaban J connectivity index is 2.44. The lowest BCUT2D eigenvalue weighted by atomic mass is 10.4. The molecule has 1 aromatic heterocycles. The van der Waals surface area contributed by atoms with Gasteiger partial charge in [0.2, 0.25) is 10.0 Å². The van der Waals surface area contributed by atoms with Crippen molar-refractivity contribution >= 4 is 10.0 Å². The molecule has 0 fully saturated rings. The Kier molecular flexibility index (Phi) is 6.24. The maximum atomic E-state index is 11.9. The standard InChI is InChI=1S/C12H21N3O2S/c1-3-7-13-9-11(2)18(16,17)15-10-12-6-4-5-8-14-12/h4-6,8,11,13,15H,3,7,9-10H2,1-2H3. The number of hydrogen-bond acceptors (Lipinski definition) is 4. The monoisotopic (exact) mass is 271 g/mol. The Morgan fingerprint density at radius 1 is 1.39 bits per heavy atom. The molecule has 0 spiro atoms. The molecule has 0 aliphatic rings. The fourth-order valence-electron chi connectivity index (χ4n) is 1.41. The fraction of sp³-hybridized carbons (Fsp3) is 0.583. The first kappa shape index (κ1) is 15.1. The molecule has 0 saturated carbocycles. The molecule has 2 N–H and O–H groups in total. The second-order valence-electron chi connectivity index (χ2n) is 4.20. The van der Waals surface area contributed by atoms with E-state index < -0.39 is 15.3 Å². The summed E-state index contributed by atoms with van der Waals surface area (Å²) >= 11 is 0. The van der Waals surface area contributed by atoms with Gasteiger partial charge in [-0.25, -0.2) is 13.1 Å². The number of nitrogens with zero attached hydrogens (tertiary/aromatic N) is 1. The fourth-order valence-corrected chi connectivity index (χ4v) is 2.38. The highest BCUT2D eigenvalue weighted by Gasteiger charge is 2.19. The predicted octanol–water partition coefficient (Wildman–Crippen LogP) is 0.889. The summed E-state index contributed by atoms with van der Waals surface area (Å²) < 4.78 is 26.4. The van der Waals surface area contributed by atoms with Gasteiger partial charge in [-0.2, -0.15) is 0 Å². The van der Waals surface area contributed by atoms with Gasteiger partial charge in [0.15, 0.2) is 0 Å². The van der Waals surface area contributed by atoms with Crippen LogP contribution in [0.15, 0.2) is 24.4 Å². The van der Waals surface area contributed by atoms with E-state index in [1.807, 2.05) is 13.0 Å². The summed E-state index contributed by atoms with van der Waals surface area (Å²) in [6.07, 6.45) is 2.64. The Morgan fingerprint density at radius 2 is 2.17 bits per heavy atom. The molecule has 102 valence electrons. The van der Waals surface area contributed by atoms with Crippen LogP contribution in [0.5, 0.6) is 0 Å². The molecule has 0 saturated heterocycles. The number of pyridine rings is 1. The molecule has 0 aliphatic carbocycles. The third kappa shape index (κ3) is 5.12. The minimum atomic E-state index is -3.29. The van der Waals surface area contributed by atoms with Gasteiger partial charge in [-0.1, -0.05) is 13.0 Å². The number of rotatable bonds is 8. The summed E-state index contributed by atoms with van der Waals surface area (Å²) in [6.45, 7) is 5.28. The lowest BCUT2D eigenvalue weighted by Crippen LogP contribution is -2.39. The zero-order valence-electron chi connectivity index (χ0n) is 10.9. The molecule has 0 radical (unpaired) electrons. The molecule has 1 heterocycles. The molecule has 0 aromatic carbocycles. The van der Waals surface area contributed by atoms with Gasteiger partial charge < -0.3 is 5.32 Å². The summed E-state index contributed by atoms with van der Waals surface area (Å²) in [7, 11) is -3.29. The molecular weight excluding hydrogens is 250 g/mol. The van der Waals surface area contributed by atoms with E-state index in [1.54, 1.807) is 25.3 Å². The van der Waals surface area contributed by atoms with Crippen LogP contribution >= 0.6 is 0 Å². The minimum absolute atomic E-state index is 0.237. The van der Waals surface area contributed by atoms with Crippen LogP contribution in [-0.2, 0) is 16.6 Å². The zero-order valence-corrected chi connectivity index (χ0v) is 11.7. The van der Waals surface area contributed by atoms with Crippen molar-refractivity contribution in [3.05, 3.63) is 30.1 Å². The summed E-state index contributed by atoms with van der Waals surface area (Å²) in [5, 5.41) is 2.65. The second-order valence-corrected chi connectivity index (χ2v) is 6.39. The maximum Gasteiger partial charge on any atom is 0.215 e. The molecule has 0 amide bonds. The summed E-state index contributed by atoms with van der Waals surface area (Å²) in [4.78, 5) is 4.07. The van der Waals surface area contributed by atoms with Crippen LogP contribution in [0.4, 0.5) is 0 Å². The van der Waals surface area contributed by atoms with Crippen molar-refractivity contribution in [2.45, 2.75) is 32.1 Å². The van der Waals surface area contributed by atoms with Crippen LogP contribution in [0.25, 0.3) is 0 Å². The van der Waals surface area contributed by atoms with E-state index in [9.17, 15) is 8.42 Å². The molecule has 0 bridgehead atoms. The van der Waals surface area contributed by atoms with E-state index in [2.05, 4.69) is 15.0 Å². The van der Waals surface area contributed by atoms with E-state index >= 15 is 0 Å². The first-order valence-electron chi connectivity index (χ1n) is 6.15. The maximum absolute atomic E-state index is 11.9. The normalized spacial score (nSPS) is 13.4. The molecule has 5 nitrogen and oxygen atoms in total. The van der Waals surface area contributed by atoms with Gasteiger partial charge in [-0.3, -0.25) is 4.98 Å². The molecule has 18 heavy (non-hydrogen) atoms. The van der Waals surface area contributed by atoms with E-state index in [4.69, 9.17) is 0 Å². The molecular formula is C12H21N3O2S. The number of sulfonamides is 1. The summed E-state index contributed by atoms with van der Waals surface area (Å²) in [5.74, 6) is 0. The molecule has 1 aromatic rings.